The Morgan fingerprint density at radius 1 is 1.14 bits per heavy atom. The molecule has 0 unspecified atom stereocenters. The van der Waals surface area contributed by atoms with Crippen LogP contribution in [0.5, 0.6) is 0 Å². The van der Waals surface area contributed by atoms with Crippen molar-refractivity contribution < 1.29 is 12.9 Å². The van der Waals surface area contributed by atoms with E-state index in [-0.39, 0.29) is 5.92 Å². The smallest absolute Gasteiger partial charge is 0.243 e. The molecule has 0 amide bonds. The van der Waals surface area contributed by atoms with Crippen LogP contribution in [0.1, 0.15) is 24.7 Å². The van der Waals surface area contributed by atoms with Crippen LogP contribution >= 0.6 is 27.7 Å². The van der Waals surface area contributed by atoms with Gasteiger partial charge < -0.3 is 4.52 Å². The summed E-state index contributed by atoms with van der Waals surface area (Å²) >= 11 is 5.01. The van der Waals surface area contributed by atoms with Gasteiger partial charge in [-0.2, -0.15) is 9.29 Å². The summed E-state index contributed by atoms with van der Waals surface area (Å²) < 4.78 is 33.9. The van der Waals surface area contributed by atoms with Gasteiger partial charge in [-0.05, 0) is 67.6 Å². The van der Waals surface area contributed by atoms with Gasteiger partial charge in [0.25, 0.3) is 0 Å². The molecule has 1 atom stereocenters. The molecule has 29 heavy (non-hydrogen) atoms. The van der Waals surface area contributed by atoms with Crippen molar-refractivity contribution in [3.63, 3.8) is 0 Å². The molecule has 0 aliphatic carbocycles. The Labute approximate surface area is 182 Å². The van der Waals surface area contributed by atoms with E-state index in [2.05, 4.69) is 26.1 Å². The minimum Gasteiger partial charge on any atom is -0.339 e. The number of hydrogen-bond donors (Lipinski definition) is 0. The summed E-state index contributed by atoms with van der Waals surface area (Å²) in [6, 6.07) is 14.7. The van der Waals surface area contributed by atoms with Crippen LogP contribution in [-0.4, -0.2) is 42.2 Å². The van der Waals surface area contributed by atoms with Crippen molar-refractivity contribution in [1.29, 1.82) is 0 Å². The van der Waals surface area contributed by atoms with Gasteiger partial charge in [0.15, 0.2) is 0 Å². The second-order valence-corrected chi connectivity index (χ2v) is 10.6. The standard InChI is InChI=1S/C20H20BrN3O3S2/c1-28-17-8-4-14(5-9-17)19-22-20(27-23-19)15-3-2-12-24(13-15)29(25,26)18-10-6-16(21)7-11-18/h4-11,15H,2-3,12-13H2,1H3/t15-/m1/s1. The van der Waals surface area contributed by atoms with Gasteiger partial charge in [-0.3, -0.25) is 0 Å². The van der Waals surface area contributed by atoms with Crippen LogP contribution in [0.15, 0.2) is 67.3 Å². The maximum Gasteiger partial charge on any atom is 0.243 e. The Kier molecular flexibility index (Phi) is 6.10. The second-order valence-electron chi connectivity index (χ2n) is 6.84. The lowest BCUT2D eigenvalue weighted by Crippen LogP contribution is -2.39. The zero-order valence-electron chi connectivity index (χ0n) is 15.8. The molecule has 3 aromatic rings. The van der Waals surface area contributed by atoms with Gasteiger partial charge in [0.05, 0.1) is 10.8 Å². The number of thioether (sulfide) groups is 1. The maximum absolute atomic E-state index is 13.0. The summed E-state index contributed by atoms with van der Waals surface area (Å²) in [6.45, 7) is 0.831. The molecule has 0 saturated carbocycles. The number of benzene rings is 2. The molecule has 0 N–H and O–H groups in total. The number of piperidine rings is 1. The SMILES string of the molecule is CSc1ccc(-c2noc([C@@H]3CCCN(S(=O)(=O)c4ccc(Br)cc4)C3)n2)cc1. The predicted octanol–water partition coefficient (Wildman–Crippen LogP) is 4.79. The van der Waals surface area contributed by atoms with Gasteiger partial charge in [0, 0.05) is 28.0 Å². The van der Waals surface area contributed by atoms with Crippen molar-refractivity contribution in [2.75, 3.05) is 19.3 Å². The van der Waals surface area contributed by atoms with Gasteiger partial charge in [-0.1, -0.05) is 21.1 Å². The van der Waals surface area contributed by atoms with Crippen molar-refractivity contribution in [2.45, 2.75) is 28.6 Å². The number of nitrogens with zero attached hydrogens (tertiary/aromatic N) is 3. The number of aromatic nitrogens is 2. The van der Waals surface area contributed by atoms with Gasteiger partial charge in [-0.25, -0.2) is 8.42 Å². The van der Waals surface area contributed by atoms with Crippen molar-refractivity contribution >= 4 is 37.7 Å². The first-order chi connectivity index (χ1) is 14.0. The Hall–Kier alpha value is -1.68. The molecule has 0 radical (unpaired) electrons. The Morgan fingerprint density at radius 3 is 2.55 bits per heavy atom. The number of hydrogen-bond acceptors (Lipinski definition) is 6. The number of halogens is 1. The topological polar surface area (TPSA) is 76.3 Å². The average molecular weight is 494 g/mol. The lowest BCUT2D eigenvalue weighted by molar-refractivity contribution is 0.265. The first-order valence-corrected chi connectivity index (χ1v) is 12.7. The van der Waals surface area contributed by atoms with E-state index in [0.29, 0.717) is 29.7 Å². The van der Waals surface area contributed by atoms with Crippen molar-refractivity contribution in [3.8, 4) is 11.4 Å². The van der Waals surface area contributed by atoms with Gasteiger partial charge in [0.1, 0.15) is 0 Å². The fourth-order valence-electron chi connectivity index (χ4n) is 3.38. The lowest BCUT2D eigenvalue weighted by atomic mass is 10.00. The van der Waals surface area contributed by atoms with E-state index in [1.807, 2.05) is 30.5 Å². The zero-order chi connectivity index (χ0) is 20.4. The van der Waals surface area contributed by atoms with E-state index in [1.54, 1.807) is 36.0 Å². The highest BCUT2D eigenvalue weighted by Crippen LogP contribution is 2.31. The number of sulfonamides is 1. The molecule has 1 saturated heterocycles. The van der Waals surface area contributed by atoms with E-state index in [9.17, 15) is 8.42 Å². The third-order valence-corrected chi connectivity index (χ3v) is 8.13. The third kappa shape index (κ3) is 4.42. The molecule has 6 nitrogen and oxygen atoms in total. The average Bonchev–Trinajstić information content (AvgIpc) is 3.24. The summed E-state index contributed by atoms with van der Waals surface area (Å²) in [5.74, 6) is 0.908. The van der Waals surface area contributed by atoms with Crippen molar-refractivity contribution in [1.82, 2.24) is 14.4 Å². The van der Waals surface area contributed by atoms with E-state index < -0.39 is 10.0 Å². The van der Waals surface area contributed by atoms with Gasteiger partial charge in [-0.15, -0.1) is 11.8 Å². The third-order valence-electron chi connectivity index (χ3n) is 4.97. The van der Waals surface area contributed by atoms with E-state index >= 15 is 0 Å². The highest BCUT2D eigenvalue weighted by Gasteiger charge is 2.33. The first kappa shape index (κ1) is 20.6. The maximum atomic E-state index is 13.0. The molecule has 152 valence electrons. The number of rotatable bonds is 5. The van der Waals surface area contributed by atoms with Gasteiger partial charge in [0.2, 0.25) is 21.7 Å². The molecule has 4 rings (SSSR count). The monoisotopic (exact) mass is 493 g/mol. The fraction of sp³-hybridized carbons (Fsp3) is 0.300. The normalized spacial score (nSPS) is 18.1. The molecule has 0 bridgehead atoms. The van der Waals surface area contributed by atoms with Crippen LogP contribution in [0.25, 0.3) is 11.4 Å². The minimum atomic E-state index is -3.55. The Balaban J connectivity index is 1.52. The van der Waals surface area contributed by atoms with Crippen LogP contribution < -0.4 is 0 Å². The van der Waals surface area contributed by atoms with Crippen LogP contribution in [0, 0.1) is 0 Å². The summed E-state index contributed by atoms with van der Waals surface area (Å²) in [5, 5.41) is 4.11. The molecule has 2 heterocycles. The molecule has 0 spiro atoms. The molecule has 9 heteroatoms. The van der Waals surface area contributed by atoms with Gasteiger partial charge >= 0.3 is 0 Å². The van der Waals surface area contributed by atoms with Crippen LogP contribution in [-0.2, 0) is 10.0 Å². The molecule has 1 aliphatic rings. The Morgan fingerprint density at radius 2 is 1.86 bits per heavy atom. The molecule has 2 aromatic carbocycles. The molecular formula is C20H20BrN3O3S2. The zero-order valence-corrected chi connectivity index (χ0v) is 19.0. The van der Waals surface area contributed by atoms with E-state index in [1.165, 1.54) is 9.20 Å². The van der Waals surface area contributed by atoms with Crippen molar-refractivity contribution in [2.24, 2.45) is 0 Å². The quantitative estimate of drug-likeness (QED) is 0.475. The fourth-order valence-corrected chi connectivity index (χ4v) is 5.57. The predicted molar refractivity (Wildman–Crippen MR) is 116 cm³/mol. The highest BCUT2D eigenvalue weighted by atomic mass is 79.9. The van der Waals surface area contributed by atoms with Crippen LogP contribution in [0.2, 0.25) is 0 Å². The highest BCUT2D eigenvalue weighted by molar-refractivity contribution is 9.10. The second kappa shape index (κ2) is 8.59. The summed E-state index contributed by atoms with van der Waals surface area (Å²) in [5.41, 5.74) is 0.882. The van der Waals surface area contributed by atoms with Crippen molar-refractivity contribution in [3.05, 3.63) is 58.9 Å². The van der Waals surface area contributed by atoms with E-state index in [0.717, 1.165) is 22.9 Å². The molecule has 1 aliphatic heterocycles. The van der Waals surface area contributed by atoms with Crippen LogP contribution in [0.4, 0.5) is 0 Å². The lowest BCUT2D eigenvalue weighted by Gasteiger charge is -2.30. The molecular weight excluding hydrogens is 474 g/mol. The summed E-state index contributed by atoms with van der Waals surface area (Å²) in [6.07, 6.45) is 3.60. The largest absolute Gasteiger partial charge is 0.339 e. The molecule has 1 fully saturated rings. The van der Waals surface area contributed by atoms with Crippen LogP contribution in [0.3, 0.4) is 0 Å². The molecule has 1 aromatic heterocycles. The minimum absolute atomic E-state index is 0.110. The summed E-state index contributed by atoms with van der Waals surface area (Å²) in [7, 11) is -3.55. The Bertz CT molecular complexity index is 1080. The summed E-state index contributed by atoms with van der Waals surface area (Å²) in [4.78, 5) is 6.01. The van der Waals surface area contributed by atoms with E-state index in [4.69, 9.17) is 4.52 Å². The first-order valence-electron chi connectivity index (χ1n) is 9.21.